The summed E-state index contributed by atoms with van der Waals surface area (Å²) < 4.78 is 69.3. The largest absolute Gasteiger partial charge is 0.492 e. The van der Waals surface area contributed by atoms with Crippen molar-refractivity contribution < 1.29 is 51.0 Å². The van der Waals surface area contributed by atoms with Gasteiger partial charge in [0.25, 0.3) is 12.3 Å². The first-order valence-corrected chi connectivity index (χ1v) is 21.6. The highest BCUT2D eigenvalue weighted by Gasteiger charge is 2.63. The molecule has 3 fully saturated rings. The molecule has 1 saturated heterocycles. The summed E-state index contributed by atoms with van der Waals surface area (Å²) in [5.74, 6) is -3.19. The van der Waals surface area contributed by atoms with E-state index in [2.05, 4.69) is 15.0 Å². The Labute approximate surface area is 338 Å². The number of rotatable bonds is 11. The van der Waals surface area contributed by atoms with Crippen LogP contribution in [0.4, 0.5) is 13.6 Å². The lowest BCUT2D eigenvalue weighted by atomic mass is 9.82. The van der Waals surface area contributed by atoms with E-state index in [4.69, 9.17) is 9.47 Å². The predicted octanol–water partition coefficient (Wildman–Crippen LogP) is 5.65. The third kappa shape index (κ3) is 8.19. The van der Waals surface area contributed by atoms with Gasteiger partial charge in [-0.05, 0) is 84.1 Å². The minimum absolute atomic E-state index is 0.0822. The maximum Gasteiger partial charge on any atom is 0.408 e. The quantitative estimate of drug-likeness (QED) is 0.239. The van der Waals surface area contributed by atoms with Crippen LogP contribution in [0.3, 0.4) is 0 Å². The summed E-state index contributed by atoms with van der Waals surface area (Å²) in [7, 11) is -4.08. The van der Waals surface area contributed by atoms with Crippen LogP contribution in [0.25, 0.3) is 10.8 Å². The number of allylic oxidation sites excluding steroid dienone is 1. The van der Waals surface area contributed by atoms with E-state index in [0.29, 0.717) is 60.1 Å². The van der Waals surface area contributed by atoms with Gasteiger partial charge in [-0.2, -0.15) is 0 Å². The van der Waals surface area contributed by atoms with E-state index in [-0.39, 0.29) is 37.6 Å². The van der Waals surface area contributed by atoms with Crippen molar-refractivity contribution in [2.24, 2.45) is 17.8 Å². The number of hydrogen-bond acceptors (Lipinski definition) is 9. The molecule has 2 aromatic rings. The minimum atomic E-state index is -4.08. The number of pyridine rings is 1. The van der Waals surface area contributed by atoms with Crippen LogP contribution in [0.5, 0.6) is 11.6 Å². The fraction of sp³-hybridized carbons (Fsp3) is 0.634. The van der Waals surface area contributed by atoms with Gasteiger partial charge in [0.1, 0.15) is 35.0 Å². The van der Waals surface area contributed by atoms with E-state index in [1.54, 1.807) is 32.1 Å². The fourth-order valence-corrected chi connectivity index (χ4v) is 9.73. The first-order valence-electron chi connectivity index (χ1n) is 20.1. The molecule has 3 heterocycles. The SMILES string of the molecule is CCOc1cnc(O[C@@H]2C[C@H]3C(=O)N[C@]4(C(=O)NS(=O)(=O)C5(C)CC5)C[C@H]4/C=C\CC[C@H](C)C[C@@H](CC)[C@H](N(C(=O)O)C(C)(C)C(F)F)C(=O)N3C2)c2ccccc12. The summed E-state index contributed by atoms with van der Waals surface area (Å²) in [6.07, 6.45) is 1.82. The molecule has 7 atom stereocenters. The van der Waals surface area contributed by atoms with Crippen molar-refractivity contribution in [3.8, 4) is 11.6 Å². The molecule has 17 heteroatoms. The van der Waals surface area contributed by atoms with E-state index in [0.717, 1.165) is 13.8 Å². The second kappa shape index (κ2) is 16.3. The first kappa shape index (κ1) is 43.0. The van der Waals surface area contributed by atoms with Crippen molar-refractivity contribution in [1.82, 2.24) is 24.8 Å². The Bertz CT molecular complexity index is 2060. The van der Waals surface area contributed by atoms with Crippen LogP contribution in [0.15, 0.2) is 42.6 Å². The van der Waals surface area contributed by atoms with Gasteiger partial charge in [0.05, 0.1) is 24.1 Å². The van der Waals surface area contributed by atoms with Crippen molar-refractivity contribution in [2.45, 2.75) is 133 Å². The Morgan fingerprint density at radius 1 is 1.16 bits per heavy atom. The molecule has 4 aliphatic rings. The average molecular weight is 832 g/mol. The number of nitrogens with one attached hydrogen (secondary N) is 2. The molecule has 58 heavy (non-hydrogen) atoms. The maximum absolute atomic E-state index is 15.2. The molecule has 0 spiro atoms. The third-order valence-corrected chi connectivity index (χ3v) is 14.7. The molecule has 318 valence electrons. The monoisotopic (exact) mass is 831 g/mol. The average Bonchev–Trinajstić information content (AvgIpc) is 4.05. The van der Waals surface area contributed by atoms with Gasteiger partial charge in [0.15, 0.2) is 0 Å². The van der Waals surface area contributed by atoms with Crippen molar-refractivity contribution in [2.75, 3.05) is 13.2 Å². The molecular formula is C41H55F2N5O9S. The molecule has 0 radical (unpaired) electrons. The van der Waals surface area contributed by atoms with Gasteiger partial charge in [-0.1, -0.05) is 50.6 Å². The van der Waals surface area contributed by atoms with Crippen LogP contribution in [-0.4, -0.2) is 106 Å². The molecule has 1 aromatic carbocycles. The molecule has 2 aliphatic heterocycles. The van der Waals surface area contributed by atoms with Crippen LogP contribution in [-0.2, 0) is 24.4 Å². The summed E-state index contributed by atoms with van der Waals surface area (Å²) in [5, 5.41) is 14.7. The Kier molecular flexibility index (Phi) is 12.1. The Morgan fingerprint density at radius 3 is 2.47 bits per heavy atom. The number of carbonyl (C=O) groups excluding carboxylic acids is 3. The Morgan fingerprint density at radius 2 is 1.84 bits per heavy atom. The van der Waals surface area contributed by atoms with E-state index < -0.39 is 86.1 Å². The normalized spacial score (nSPS) is 29.3. The minimum Gasteiger partial charge on any atom is -0.492 e. The van der Waals surface area contributed by atoms with Crippen LogP contribution in [0.1, 0.15) is 92.9 Å². The van der Waals surface area contributed by atoms with Gasteiger partial charge in [-0.3, -0.25) is 24.0 Å². The van der Waals surface area contributed by atoms with Gasteiger partial charge in [-0.15, -0.1) is 0 Å². The van der Waals surface area contributed by atoms with E-state index in [1.165, 1.54) is 11.1 Å². The topological polar surface area (TPSA) is 185 Å². The van der Waals surface area contributed by atoms with E-state index >= 15 is 4.79 Å². The molecule has 2 saturated carbocycles. The third-order valence-electron chi connectivity index (χ3n) is 12.5. The van der Waals surface area contributed by atoms with Crippen molar-refractivity contribution >= 4 is 44.6 Å². The van der Waals surface area contributed by atoms with Crippen molar-refractivity contribution in [3.05, 3.63) is 42.6 Å². The van der Waals surface area contributed by atoms with Gasteiger partial charge in [0.2, 0.25) is 27.7 Å². The summed E-state index contributed by atoms with van der Waals surface area (Å²) >= 11 is 0. The van der Waals surface area contributed by atoms with Gasteiger partial charge >= 0.3 is 6.09 Å². The second-order valence-corrected chi connectivity index (χ2v) is 19.3. The van der Waals surface area contributed by atoms with Crippen LogP contribution in [0, 0.1) is 17.8 Å². The van der Waals surface area contributed by atoms with Gasteiger partial charge < -0.3 is 24.8 Å². The number of amides is 4. The van der Waals surface area contributed by atoms with Crippen LogP contribution >= 0.6 is 0 Å². The molecular weight excluding hydrogens is 777 g/mol. The Balaban J connectivity index is 1.43. The number of aromatic nitrogens is 1. The highest BCUT2D eigenvalue weighted by atomic mass is 32.2. The Hall–Kier alpha value is -4.54. The fourth-order valence-electron chi connectivity index (χ4n) is 8.42. The van der Waals surface area contributed by atoms with E-state index in [9.17, 15) is 36.7 Å². The molecule has 14 nitrogen and oxygen atoms in total. The zero-order chi connectivity index (χ0) is 42.4. The molecule has 2 aliphatic carbocycles. The lowest BCUT2D eigenvalue weighted by Crippen LogP contribution is -2.65. The number of alkyl halides is 2. The molecule has 4 amide bonds. The smallest absolute Gasteiger partial charge is 0.408 e. The summed E-state index contributed by atoms with van der Waals surface area (Å²) in [6, 6.07) is 4.24. The highest BCUT2D eigenvalue weighted by molar-refractivity contribution is 7.91. The zero-order valence-corrected chi connectivity index (χ0v) is 34.7. The molecule has 0 unspecified atom stereocenters. The predicted molar refractivity (Wildman–Crippen MR) is 211 cm³/mol. The van der Waals surface area contributed by atoms with Gasteiger partial charge in [-0.25, -0.2) is 27.0 Å². The molecule has 1 aromatic heterocycles. The lowest BCUT2D eigenvalue weighted by molar-refractivity contribution is -0.149. The lowest BCUT2D eigenvalue weighted by Gasteiger charge is -2.45. The number of ether oxygens (including phenoxy) is 2. The van der Waals surface area contributed by atoms with Crippen molar-refractivity contribution in [1.29, 1.82) is 0 Å². The highest BCUT2D eigenvalue weighted by Crippen LogP contribution is 2.48. The molecule has 0 bridgehead atoms. The number of carbonyl (C=O) groups is 4. The van der Waals surface area contributed by atoms with Gasteiger partial charge in [0, 0.05) is 23.1 Å². The standard InChI is InChI=1S/C41H55F2N5O9S/c1-7-25-19-24(3)13-9-10-14-26-21-41(26,37(51)46-58(54,55)40(6)17-18-40)45-33(49)30-20-27(57-34-29-16-12-11-15-28(29)31(22-44-34)56-8-2)23-47(30)35(50)32(25)48(38(52)53)39(4,5)36(42)43/h10-12,14-16,22,24-27,30,32,36H,7-9,13,17-21,23H2,1-6H3,(H,45,49)(H,46,51)(H,52,53)/b14-10-/t24-,25+,26+,27+,30-,32-,41+/m0/s1. The maximum atomic E-state index is 15.2. The number of sulfonamides is 1. The summed E-state index contributed by atoms with van der Waals surface area (Å²) in [5.41, 5.74) is -3.96. The molecule has 3 N–H and O–H groups in total. The summed E-state index contributed by atoms with van der Waals surface area (Å²) in [4.78, 5) is 63.1. The number of halogens is 2. The number of carboxylic acid groups (broad SMARTS) is 1. The number of hydrogen-bond donors (Lipinski definition) is 3. The van der Waals surface area contributed by atoms with Crippen LogP contribution < -0.4 is 19.5 Å². The number of fused-ring (bicyclic) bond motifs is 3. The first-order chi connectivity index (χ1) is 27.3. The second-order valence-electron chi connectivity index (χ2n) is 17.1. The molecule has 6 rings (SSSR count). The van der Waals surface area contributed by atoms with Crippen molar-refractivity contribution in [3.63, 3.8) is 0 Å². The number of nitrogens with zero attached hydrogens (tertiary/aromatic N) is 3. The zero-order valence-electron chi connectivity index (χ0n) is 33.9. The van der Waals surface area contributed by atoms with Crippen LogP contribution in [0.2, 0.25) is 0 Å². The number of benzene rings is 1. The summed E-state index contributed by atoms with van der Waals surface area (Å²) in [6.45, 7) is 9.38. The van der Waals surface area contributed by atoms with E-state index in [1.807, 2.05) is 32.1 Å².